The van der Waals surface area contributed by atoms with Gasteiger partial charge in [0.05, 0.1) is 17.8 Å². The highest BCUT2D eigenvalue weighted by Gasteiger charge is 2.39. The molecule has 52 heavy (non-hydrogen) atoms. The van der Waals surface area contributed by atoms with Gasteiger partial charge in [-0.2, -0.15) is 0 Å². The zero-order valence-corrected chi connectivity index (χ0v) is 29.9. The number of amides is 2. The smallest absolute Gasteiger partial charge is 0.255 e. The lowest BCUT2D eigenvalue weighted by Gasteiger charge is -2.32. The number of hydrogen-bond donors (Lipinski definition) is 2. The van der Waals surface area contributed by atoms with Crippen LogP contribution < -0.4 is 5.32 Å². The zero-order valence-electron chi connectivity index (χ0n) is 29.1. The summed E-state index contributed by atoms with van der Waals surface area (Å²) in [6, 6.07) is 15.7. The largest absolute Gasteiger partial charge is 0.374 e. The number of nitrogens with one attached hydrogen (secondary N) is 1. The lowest BCUT2D eigenvalue weighted by atomic mass is 9.97. The molecule has 0 aliphatic carbocycles. The number of imidazole rings is 1. The molecule has 11 nitrogen and oxygen atoms in total. The molecule has 2 N–H and O–H groups in total. The van der Waals surface area contributed by atoms with E-state index < -0.39 is 12.3 Å². The fourth-order valence-corrected chi connectivity index (χ4v) is 8.58. The van der Waals surface area contributed by atoms with Crippen molar-refractivity contribution in [3.8, 4) is 16.8 Å². The number of aryl methyl sites for hydroxylation is 2. The van der Waals surface area contributed by atoms with Gasteiger partial charge in [0.15, 0.2) is 5.82 Å². The molecule has 1 fully saturated rings. The van der Waals surface area contributed by atoms with Gasteiger partial charge in [-0.3, -0.25) is 14.2 Å². The minimum atomic E-state index is -0.850. The Morgan fingerprint density at radius 3 is 2.79 bits per heavy atom. The van der Waals surface area contributed by atoms with E-state index in [0.29, 0.717) is 43.9 Å². The molecular weight excluding hydrogens is 675 g/mol. The second-order valence-corrected chi connectivity index (χ2v) is 14.5. The third-order valence-electron chi connectivity index (χ3n) is 10.0. The number of hydrogen-bond acceptors (Lipinski definition) is 8. The van der Waals surface area contributed by atoms with E-state index in [9.17, 15) is 14.7 Å². The molecule has 3 aliphatic rings. The number of allylic oxidation sites excluding steroid dienone is 2. The predicted octanol–water partition coefficient (Wildman–Crippen LogP) is 5.29. The first-order valence-electron chi connectivity index (χ1n) is 17.6. The van der Waals surface area contributed by atoms with Gasteiger partial charge in [-0.05, 0) is 91.7 Å². The van der Waals surface area contributed by atoms with Crippen molar-refractivity contribution in [3.05, 3.63) is 123 Å². The first kappa shape index (κ1) is 33.8. The highest BCUT2D eigenvalue weighted by atomic mass is 32.1. The SMILES string of the molecule is C/C(=C\CCCn1cnc(C#Cc2sc3c(c2Cc2ccccc2)COCc2nnc(C)n2-3)c1)c1cccc2c1CN(C1CCC(O)NC1=O)C2=O. The second kappa shape index (κ2) is 14.3. The monoisotopic (exact) mass is 713 g/mol. The van der Waals surface area contributed by atoms with Crippen molar-refractivity contribution in [1.29, 1.82) is 0 Å². The Kier molecular flexibility index (Phi) is 9.32. The molecule has 264 valence electrons. The number of nitrogens with zero attached hydrogens (tertiary/aromatic N) is 6. The fourth-order valence-electron chi connectivity index (χ4n) is 7.33. The minimum absolute atomic E-state index is 0.129. The number of carbonyl (C=O) groups excluding carboxylic acids is 2. The number of aliphatic hydroxyl groups excluding tert-OH is 1. The van der Waals surface area contributed by atoms with E-state index in [-0.39, 0.29) is 11.8 Å². The molecule has 0 spiro atoms. The Morgan fingerprint density at radius 2 is 1.94 bits per heavy atom. The van der Waals surface area contributed by atoms with Gasteiger partial charge in [0.25, 0.3) is 5.91 Å². The van der Waals surface area contributed by atoms with Gasteiger partial charge >= 0.3 is 0 Å². The normalized spacial score (nSPS) is 18.3. The van der Waals surface area contributed by atoms with E-state index in [1.165, 1.54) is 11.1 Å². The number of aliphatic hydroxyl groups is 1. The lowest BCUT2D eigenvalue weighted by molar-refractivity contribution is -0.132. The van der Waals surface area contributed by atoms with Crippen LogP contribution in [0.1, 0.15) is 93.0 Å². The summed E-state index contributed by atoms with van der Waals surface area (Å²) < 4.78 is 10.2. The maximum atomic E-state index is 13.3. The Labute approximate surface area is 306 Å². The molecule has 8 rings (SSSR count). The van der Waals surface area contributed by atoms with Gasteiger partial charge in [-0.25, -0.2) is 4.98 Å². The van der Waals surface area contributed by atoms with Crippen LogP contribution in [-0.4, -0.2) is 58.4 Å². The third-order valence-corrected chi connectivity index (χ3v) is 11.2. The maximum absolute atomic E-state index is 13.3. The van der Waals surface area contributed by atoms with Crippen LogP contribution in [0.5, 0.6) is 0 Å². The standard InChI is InChI=1S/C40H39N7O4S/c1-25(29-12-8-13-30-32(29)21-46(39(30)50)34-15-17-37(48)42-38(34)49)9-6-7-18-45-20-28(41-24-45)14-16-35-31(19-27-10-4-3-5-11-27)33-22-51-23-36-44-43-26(2)47(36)40(33)52-35/h3-5,8-13,20,24,34,37,48H,6-7,15,17-19,21-23H2,1-2H3,(H,42,49)/b25-9+. The molecule has 0 saturated carbocycles. The van der Waals surface area contributed by atoms with Crippen LogP contribution in [0.2, 0.25) is 0 Å². The zero-order chi connectivity index (χ0) is 35.8. The number of unbranched alkanes of at least 4 members (excludes halogenated alkanes) is 1. The molecule has 2 aromatic carbocycles. The second-order valence-electron chi connectivity index (χ2n) is 13.5. The summed E-state index contributed by atoms with van der Waals surface area (Å²) in [7, 11) is 0. The molecule has 0 radical (unpaired) electrons. The summed E-state index contributed by atoms with van der Waals surface area (Å²) in [5.74, 6) is 7.97. The van der Waals surface area contributed by atoms with Crippen molar-refractivity contribution in [2.24, 2.45) is 0 Å². The van der Waals surface area contributed by atoms with E-state index in [1.54, 1.807) is 16.2 Å². The average Bonchev–Trinajstić information content (AvgIpc) is 3.89. The van der Waals surface area contributed by atoms with Crippen molar-refractivity contribution in [3.63, 3.8) is 0 Å². The van der Waals surface area contributed by atoms with E-state index in [0.717, 1.165) is 69.6 Å². The van der Waals surface area contributed by atoms with Crippen LogP contribution in [0.4, 0.5) is 0 Å². The average molecular weight is 714 g/mol. The first-order valence-corrected chi connectivity index (χ1v) is 18.5. The summed E-state index contributed by atoms with van der Waals surface area (Å²) in [4.78, 5) is 33.1. The number of rotatable bonds is 8. The number of thiophene rings is 1. The van der Waals surface area contributed by atoms with Gasteiger partial charge in [-0.1, -0.05) is 48.5 Å². The van der Waals surface area contributed by atoms with E-state index >= 15 is 0 Å². The number of benzene rings is 2. The molecule has 2 amide bonds. The Hall–Kier alpha value is -5.35. The van der Waals surface area contributed by atoms with E-state index in [2.05, 4.69) is 78.7 Å². The topological polar surface area (TPSA) is 127 Å². The molecular formula is C40H39N7O4S. The summed E-state index contributed by atoms with van der Waals surface area (Å²) >= 11 is 1.65. The Balaban J connectivity index is 0.945. The van der Waals surface area contributed by atoms with Crippen LogP contribution in [-0.2, 0) is 42.3 Å². The fraction of sp³-hybridized carbons (Fsp3) is 0.325. The summed E-state index contributed by atoms with van der Waals surface area (Å²) in [5, 5.41) is 22.1. The van der Waals surface area contributed by atoms with Crippen molar-refractivity contribution in [2.75, 3.05) is 0 Å². The number of aromatic nitrogens is 5. The molecule has 1 saturated heterocycles. The van der Waals surface area contributed by atoms with Gasteiger partial charge in [0, 0.05) is 30.4 Å². The molecule has 2 atom stereocenters. The first-order chi connectivity index (χ1) is 25.3. The molecule has 6 heterocycles. The number of carbonyl (C=O) groups is 2. The van der Waals surface area contributed by atoms with Gasteiger partial charge in [-0.15, -0.1) is 21.5 Å². The van der Waals surface area contributed by atoms with Gasteiger partial charge in [0.1, 0.15) is 35.4 Å². The summed E-state index contributed by atoms with van der Waals surface area (Å²) in [5.41, 5.74) is 7.97. The quantitative estimate of drug-likeness (QED) is 0.165. The number of piperidine rings is 1. The lowest BCUT2D eigenvalue weighted by Crippen LogP contribution is -2.54. The van der Waals surface area contributed by atoms with Crippen molar-refractivity contribution in [1.82, 2.24) is 34.5 Å². The third kappa shape index (κ3) is 6.59. The number of fused-ring (bicyclic) bond motifs is 4. The highest BCUT2D eigenvalue weighted by molar-refractivity contribution is 7.15. The molecule has 0 bridgehead atoms. The van der Waals surface area contributed by atoms with Crippen LogP contribution in [0.25, 0.3) is 10.6 Å². The summed E-state index contributed by atoms with van der Waals surface area (Å²) in [6.45, 7) is 6.14. The molecule has 12 heteroatoms. The molecule has 2 unspecified atom stereocenters. The molecule has 3 aliphatic heterocycles. The number of ether oxygens (including phenoxy) is 1. The van der Waals surface area contributed by atoms with Gasteiger partial charge in [0.2, 0.25) is 5.91 Å². The van der Waals surface area contributed by atoms with Crippen LogP contribution >= 0.6 is 11.3 Å². The van der Waals surface area contributed by atoms with Crippen LogP contribution in [0, 0.1) is 18.8 Å². The van der Waals surface area contributed by atoms with E-state index in [1.807, 2.05) is 43.7 Å². The predicted molar refractivity (Wildman–Crippen MR) is 196 cm³/mol. The Morgan fingerprint density at radius 1 is 1.08 bits per heavy atom. The van der Waals surface area contributed by atoms with Crippen molar-refractivity contribution < 1.29 is 19.4 Å². The van der Waals surface area contributed by atoms with Crippen LogP contribution in [0.3, 0.4) is 0 Å². The van der Waals surface area contributed by atoms with Crippen LogP contribution in [0.15, 0.2) is 67.1 Å². The molecule has 3 aromatic heterocycles. The van der Waals surface area contributed by atoms with E-state index in [4.69, 9.17) is 4.74 Å². The Bertz CT molecular complexity index is 2260. The highest BCUT2D eigenvalue weighted by Crippen LogP contribution is 2.37. The molecule has 5 aromatic rings. The van der Waals surface area contributed by atoms with Gasteiger partial charge < -0.3 is 24.6 Å². The van der Waals surface area contributed by atoms with Crippen molar-refractivity contribution >= 4 is 28.7 Å². The minimum Gasteiger partial charge on any atom is -0.374 e. The van der Waals surface area contributed by atoms with Crippen molar-refractivity contribution in [2.45, 2.75) is 84.5 Å². The summed E-state index contributed by atoms with van der Waals surface area (Å²) in [6.07, 6.45) is 8.58. The maximum Gasteiger partial charge on any atom is 0.255 e.